The van der Waals surface area contributed by atoms with E-state index in [9.17, 15) is 13.6 Å². The lowest BCUT2D eigenvalue weighted by Crippen LogP contribution is -2.38. The van der Waals surface area contributed by atoms with Crippen molar-refractivity contribution in [1.82, 2.24) is 10.2 Å². The molecule has 0 saturated carbocycles. The third-order valence-corrected chi connectivity index (χ3v) is 4.79. The SMILES string of the molecule is C[C@H](NCC(=O)N(Cc1ccccc1)Cc1ccccc1)c1ccc(F)c(F)c1. The van der Waals surface area contributed by atoms with Gasteiger partial charge in [-0.15, -0.1) is 0 Å². The standard InChI is InChI=1S/C24H24F2N2O/c1-18(21-12-13-22(25)23(26)14-21)27-15-24(29)28(16-19-8-4-2-5-9-19)17-20-10-6-3-7-11-20/h2-14,18,27H,15-17H2,1H3/t18-/m0/s1. The van der Waals surface area contributed by atoms with E-state index < -0.39 is 11.6 Å². The van der Waals surface area contributed by atoms with Crippen LogP contribution in [0.25, 0.3) is 0 Å². The van der Waals surface area contributed by atoms with Gasteiger partial charge in [0.15, 0.2) is 11.6 Å². The Labute approximate surface area is 170 Å². The second-order valence-corrected chi connectivity index (χ2v) is 7.00. The first-order valence-corrected chi connectivity index (χ1v) is 9.57. The van der Waals surface area contributed by atoms with Gasteiger partial charge in [0.25, 0.3) is 0 Å². The van der Waals surface area contributed by atoms with Gasteiger partial charge in [-0.1, -0.05) is 66.7 Å². The number of carbonyl (C=O) groups excluding carboxylic acids is 1. The lowest BCUT2D eigenvalue weighted by Gasteiger charge is -2.24. The molecule has 1 N–H and O–H groups in total. The maximum Gasteiger partial charge on any atom is 0.237 e. The van der Waals surface area contributed by atoms with Crippen molar-refractivity contribution in [1.29, 1.82) is 0 Å². The lowest BCUT2D eigenvalue weighted by atomic mass is 10.1. The third-order valence-electron chi connectivity index (χ3n) is 4.79. The number of rotatable bonds is 8. The number of hydrogen-bond acceptors (Lipinski definition) is 2. The van der Waals surface area contributed by atoms with Crippen molar-refractivity contribution in [3.8, 4) is 0 Å². The van der Waals surface area contributed by atoms with Crippen molar-refractivity contribution in [2.75, 3.05) is 6.54 Å². The largest absolute Gasteiger partial charge is 0.333 e. The van der Waals surface area contributed by atoms with Crippen molar-refractivity contribution in [3.05, 3.63) is 107 Å². The van der Waals surface area contributed by atoms with Crippen LogP contribution in [0.1, 0.15) is 29.7 Å². The molecule has 0 bridgehead atoms. The van der Waals surface area contributed by atoms with Gasteiger partial charge in [-0.3, -0.25) is 4.79 Å². The van der Waals surface area contributed by atoms with Crippen LogP contribution in [0.3, 0.4) is 0 Å². The zero-order valence-corrected chi connectivity index (χ0v) is 16.3. The van der Waals surface area contributed by atoms with Gasteiger partial charge in [0.05, 0.1) is 6.54 Å². The first-order valence-electron chi connectivity index (χ1n) is 9.57. The van der Waals surface area contributed by atoms with Crippen LogP contribution in [0.4, 0.5) is 8.78 Å². The van der Waals surface area contributed by atoms with Crippen LogP contribution in [0.5, 0.6) is 0 Å². The van der Waals surface area contributed by atoms with Crippen molar-refractivity contribution in [3.63, 3.8) is 0 Å². The van der Waals surface area contributed by atoms with E-state index in [4.69, 9.17) is 0 Å². The molecule has 1 atom stereocenters. The highest BCUT2D eigenvalue weighted by molar-refractivity contribution is 5.78. The molecule has 0 aliphatic heterocycles. The minimum atomic E-state index is -0.891. The van der Waals surface area contributed by atoms with E-state index in [0.717, 1.165) is 23.3 Å². The van der Waals surface area contributed by atoms with Gasteiger partial charge in [-0.2, -0.15) is 0 Å². The highest BCUT2D eigenvalue weighted by Crippen LogP contribution is 2.16. The Balaban J connectivity index is 1.67. The molecule has 0 spiro atoms. The maximum absolute atomic E-state index is 13.5. The van der Waals surface area contributed by atoms with Crippen LogP contribution in [0.15, 0.2) is 78.9 Å². The number of nitrogens with zero attached hydrogens (tertiary/aromatic N) is 1. The summed E-state index contributed by atoms with van der Waals surface area (Å²) in [5.41, 5.74) is 2.69. The first-order chi connectivity index (χ1) is 14.0. The average molecular weight is 394 g/mol. The normalized spacial score (nSPS) is 11.8. The molecule has 3 rings (SSSR count). The fourth-order valence-electron chi connectivity index (χ4n) is 3.09. The Bertz CT molecular complexity index is 891. The molecule has 1 amide bonds. The monoisotopic (exact) mass is 394 g/mol. The summed E-state index contributed by atoms with van der Waals surface area (Å²) < 4.78 is 26.6. The number of benzene rings is 3. The summed E-state index contributed by atoms with van der Waals surface area (Å²) in [6.07, 6.45) is 0. The van der Waals surface area contributed by atoms with Crippen LogP contribution in [0.2, 0.25) is 0 Å². The van der Waals surface area contributed by atoms with Crippen molar-refractivity contribution in [2.24, 2.45) is 0 Å². The first kappa shape index (κ1) is 20.7. The molecule has 3 aromatic rings. The molecule has 0 unspecified atom stereocenters. The van der Waals surface area contributed by atoms with E-state index in [2.05, 4.69) is 5.32 Å². The molecule has 5 heteroatoms. The van der Waals surface area contributed by atoms with E-state index in [0.29, 0.717) is 18.7 Å². The topological polar surface area (TPSA) is 32.3 Å². The molecule has 0 aliphatic carbocycles. The molecular formula is C24H24F2N2O. The summed E-state index contributed by atoms with van der Waals surface area (Å²) in [5, 5.41) is 3.12. The van der Waals surface area contributed by atoms with Crippen LogP contribution >= 0.6 is 0 Å². The van der Waals surface area contributed by atoms with Crippen LogP contribution < -0.4 is 5.32 Å². The number of hydrogen-bond donors (Lipinski definition) is 1. The van der Waals surface area contributed by atoms with Gasteiger partial charge < -0.3 is 10.2 Å². The van der Waals surface area contributed by atoms with Crippen LogP contribution in [-0.4, -0.2) is 17.4 Å². The minimum absolute atomic E-state index is 0.0628. The maximum atomic E-state index is 13.5. The van der Waals surface area contributed by atoms with Gasteiger partial charge in [0.2, 0.25) is 5.91 Å². The van der Waals surface area contributed by atoms with Crippen LogP contribution in [-0.2, 0) is 17.9 Å². The van der Waals surface area contributed by atoms with E-state index in [1.54, 1.807) is 4.90 Å². The Hall–Kier alpha value is -3.05. The van der Waals surface area contributed by atoms with Gasteiger partial charge in [-0.05, 0) is 35.7 Å². The molecule has 0 fully saturated rings. The number of nitrogens with one attached hydrogen (secondary N) is 1. The molecule has 3 nitrogen and oxygen atoms in total. The molecule has 0 aromatic heterocycles. The minimum Gasteiger partial charge on any atom is -0.333 e. The predicted octanol–water partition coefficient (Wildman–Crippen LogP) is 4.84. The molecule has 0 saturated heterocycles. The molecule has 0 aliphatic rings. The second kappa shape index (κ2) is 9.94. The van der Waals surface area contributed by atoms with Crippen molar-refractivity contribution < 1.29 is 13.6 Å². The molecule has 29 heavy (non-hydrogen) atoms. The number of carbonyl (C=O) groups is 1. The van der Waals surface area contributed by atoms with Gasteiger partial charge in [0, 0.05) is 19.1 Å². The van der Waals surface area contributed by atoms with E-state index in [1.165, 1.54) is 6.07 Å². The van der Waals surface area contributed by atoms with Gasteiger partial charge >= 0.3 is 0 Å². The predicted molar refractivity (Wildman–Crippen MR) is 110 cm³/mol. The number of amides is 1. The molecule has 150 valence electrons. The van der Waals surface area contributed by atoms with Gasteiger partial charge in [-0.25, -0.2) is 8.78 Å². The second-order valence-electron chi connectivity index (χ2n) is 7.00. The highest BCUT2D eigenvalue weighted by atomic mass is 19.2. The fraction of sp³-hybridized carbons (Fsp3) is 0.208. The summed E-state index contributed by atoms with van der Waals surface area (Å²) in [5.74, 6) is -1.83. The summed E-state index contributed by atoms with van der Waals surface area (Å²) in [4.78, 5) is 14.7. The molecule has 3 aromatic carbocycles. The van der Waals surface area contributed by atoms with Crippen LogP contribution in [0, 0.1) is 11.6 Å². The molecule has 0 heterocycles. The summed E-state index contributed by atoms with van der Waals surface area (Å²) in [6.45, 7) is 2.91. The van der Waals surface area contributed by atoms with Gasteiger partial charge in [0.1, 0.15) is 0 Å². The third kappa shape index (κ3) is 5.96. The Morgan fingerprint density at radius 1 is 0.862 bits per heavy atom. The summed E-state index contributed by atoms with van der Waals surface area (Å²) >= 11 is 0. The zero-order chi connectivity index (χ0) is 20.6. The molecular weight excluding hydrogens is 370 g/mol. The van der Waals surface area contributed by atoms with Crippen molar-refractivity contribution >= 4 is 5.91 Å². The summed E-state index contributed by atoms with van der Waals surface area (Å²) in [6, 6.07) is 23.1. The number of halogens is 2. The van der Waals surface area contributed by atoms with E-state index in [1.807, 2.05) is 67.6 Å². The average Bonchev–Trinajstić information content (AvgIpc) is 2.74. The smallest absolute Gasteiger partial charge is 0.237 e. The lowest BCUT2D eigenvalue weighted by molar-refractivity contribution is -0.131. The quantitative estimate of drug-likeness (QED) is 0.593. The Morgan fingerprint density at radius 2 is 1.41 bits per heavy atom. The Morgan fingerprint density at radius 3 is 1.93 bits per heavy atom. The Kier molecular flexibility index (Phi) is 7.09. The van der Waals surface area contributed by atoms with E-state index >= 15 is 0 Å². The molecule has 0 radical (unpaired) electrons. The summed E-state index contributed by atoms with van der Waals surface area (Å²) in [7, 11) is 0. The van der Waals surface area contributed by atoms with E-state index in [-0.39, 0.29) is 18.5 Å². The zero-order valence-electron chi connectivity index (χ0n) is 16.3. The fourth-order valence-corrected chi connectivity index (χ4v) is 3.09. The highest BCUT2D eigenvalue weighted by Gasteiger charge is 2.16. The van der Waals surface area contributed by atoms with Crippen molar-refractivity contribution in [2.45, 2.75) is 26.1 Å².